The standard InChI is InChI=1S/C12H24OS/c1-2-3-4-5-6-7-9-12-10-8-11-14-13-12/h12H,2-11H2,1H3. The molecular formula is C12H24OS. The molecule has 0 radical (unpaired) electrons. The van der Waals surface area contributed by atoms with Gasteiger partial charge in [-0.3, -0.25) is 0 Å². The Bertz CT molecular complexity index is 121. The highest BCUT2D eigenvalue weighted by molar-refractivity contribution is 7.94. The highest BCUT2D eigenvalue weighted by Crippen LogP contribution is 2.24. The van der Waals surface area contributed by atoms with Gasteiger partial charge in [-0.2, -0.15) is 0 Å². The van der Waals surface area contributed by atoms with E-state index in [-0.39, 0.29) is 0 Å². The molecule has 1 fully saturated rings. The van der Waals surface area contributed by atoms with E-state index in [1.54, 1.807) is 12.0 Å². The van der Waals surface area contributed by atoms with Crippen molar-refractivity contribution in [2.24, 2.45) is 0 Å². The molecule has 2 heteroatoms. The summed E-state index contributed by atoms with van der Waals surface area (Å²) in [6, 6.07) is 0. The van der Waals surface area contributed by atoms with Gasteiger partial charge in [0.15, 0.2) is 0 Å². The van der Waals surface area contributed by atoms with Gasteiger partial charge in [-0.15, -0.1) is 0 Å². The zero-order valence-electron chi connectivity index (χ0n) is 9.46. The van der Waals surface area contributed by atoms with Crippen LogP contribution in [0, 0.1) is 0 Å². The average Bonchev–Trinajstić information content (AvgIpc) is 2.25. The second-order valence-corrected chi connectivity index (χ2v) is 5.08. The van der Waals surface area contributed by atoms with E-state index < -0.39 is 0 Å². The second-order valence-electron chi connectivity index (χ2n) is 4.24. The summed E-state index contributed by atoms with van der Waals surface area (Å²) in [5.74, 6) is 1.20. The van der Waals surface area contributed by atoms with E-state index in [1.165, 1.54) is 63.5 Å². The number of unbranched alkanes of at least 4 members (excludes halogenated alkanes) is 5. The Hall–Kier alpha value is 0.310. The molecule has 1 aliphatic rings. The van der Waals surface area contributed by atoms with Crippen LogP contribution in [0.5, 0.6) is 0 Å². The molecule has 0 N–H and O–H groups in total. The molecule has 14 heavy (non-hydrogen) atoms. The quantitative estimate of drug-likeness (QED) is 0.455. The van der Waals surface area contributed by atoms with Crippen LogP contribution in [0.2, 0.25) is 0 Å². The first-order chi connectivity index (χ1) is 6.93. The normalized spacial score (nSPS) is 22.5. The molecule has 0 spiro atoms. The van der Waals surface area contributed by atoms with Crippen LogP contribution in [0.15, 0.2) is 0 Å². The van der Waals surface area contributed by atoms with Crippen LogP contribution < -0.4 is 0 Å². The lowest BCUT2D eigenvalue weighted by Gasteiger charge is -2.20. The first-order valence-corrected chi connectivity index (χ1v) is 7.13. The maximum Gasteiger partial charge on any atom is 0.0722 e. The molecule has 1 aliphatic heterocycles. The first-order valence-electron chi connectivity index (χ1n) is 6.21. The van der Waals surface area contributed by atoms with Crippen molar-refractivity contribution in [3.63, 3.8) is 0 Å². The van der Waals surface area contributed by atoms with E-state index in [9.17, 15) is 0 Å². The predicted octanol–water partition coefficient (Wildman–Crippen LogP) is 4.56. The molecule has 1 saturated heterocycles. The molecule has 1 heterocycles. The van der Waals surface area contributed by atoms with Crippen LogP contribution in [-0.2, 0) is 4.18 Å². The molecule has 1 atom stereocenters. The third-order valence-corrected chi connectivity index (χ3v) is 3.70. The number of rotatable bonds is 7. The van der Waals surface area contributed by atoms with Crippen LogP contribution >= 0.6 is 12.0 Å². The molecule has 1 nitrogen and oxygen atoms in total. The van der Waals surface area contributed by atoms with E-state index in [4.69, 9.17) is 4.18 Å². The van der Waals surface area contributed by atoms with E-state index in [2.05, 4.69) is 6.92 Å². The summed E-state index contributed by atoms with van der Waals surface area (Å²) in [6.07, 6.45) is 12.9. The number of hydrogen-bond donors (Lipinski definition) is 0. The molecular weight excluding hydrogens is 192 g/mol. The van der Waals surface area contributed by atoms with Gasteiger partial charge in [0.1, 0.15) is 0 Å². The molecule has 0 aromatic heterocycles. The van der Waals surface area contributed by atoms with Gasteiger partial charge in [0.2, 0.25) is 0 Å². The number of hydrogen-bond acceptors (Lipinski definition) is 2. The van der Waals surface area contributed by atoms with Crippen LogP contribution in [0.3, 0.4) is 0 Å². The lowest BCUT2D eigenvalue weighted by molar-refractivity contribution is 0.198. The molecule has 0 aromatic carbocycles. The van der Waals surface area contributed by atoms with Gasteiger partial charge < -0.3 is 4.18 Å². The van der Waals surface area contributed by atoms with E-state index in [0.29, 0.717) is 6.10 Å². The van der Waals surface area contributed by atoms with E-state index in [0.717, 1.165) is 0 Å². The van der Waals surface area contributed by atoms with Crippen molar-refractivity contribution in [2.45, 2.75) is 70.8 Å². The zero-order valence-corrected chi connectivity index (χ0v) is 10.3. The highest BCUT2D eigenvalue weighted by atomic mass is 32.2. The summed E-state index contributed by atoms with van der Waals surface area (Å²) in [4.78, 5) is 0. The van der Waals surface area contributed by atoms with Gasteiger partial charge in [0.05, 0.1) is 6.10 Å². The maximum absolute atomic E-state index is 5.62. The van der Waals surface area contributed by atoms with E-state index >= 15 is 0 Å². The van der Waals surface area contributed by atoms with Gasteiger partial charge >= 0.3 is 0 Å². The fraction of sp³-hybridized carbons (Fsp3) is 1.00. The fourth-order valence-corrected chi connectivity index (χ4v) is 2.67. The van der Waals surface area contributed by atoms with Gasteiger partial charge in [-0.05, 0) is 31.3 Å². The Morgan fingerprint density at radius 3 is 2.64 bits per heavy atom. The Kier molecular flexibility index (Phi) is 7.61. The van der Waals surface area contributed by atoms with Gasteiger partial charge in [0, 0.05) is 5.75 Å². The smallest absolute Gasteiger partial charge is 0.0722 e. The molecule has 0 aromatic rings. The van der Waals surface area contributed by atoms with Crippen molar-refractivity contribution in [3.8, 4) is 0 Å². The molecule has 84 valence electrons. The minimum atomic E-state index is 0.569. The van der Waals surface area contributed by atoms with Crippen LogP contribution in [0.1, 0.15) is 64.7 Å². The second kappa shape index (κ2) is 8.60. The van der Waals surface area contributed by atoms with Crippen LogP contribution in [0.25, 0.3) is 0 Å². The maximum atomic E-state index is 5.62. The van der Waals surface area contributed by atoms with Crippen molar-refractivity contribution in [3.05, 3.63) is 0 Å². The van der Waals surface area contributed by atoms with Crippen LogP contribution in [0.4, 0.5) is 0 Å². The monoisotopic (exact) mass is 216 g/mol. The summed E-state index contributed by atoms with van der Waals surface area (Å²) < 4.78 is 5.62. The van der Waals surface area contributed by atoms with Gasteiger partial charge in [-0.1, -0.05) is 45.4 Å². The Morgan fingerprint density at radius 2 is 1.93 bits per heavy atom. The largest absolute Gasteiger partial charge is 0.312 e. The average molecular weight is 216 g/mol. The van der Waals surface area contributed by atoms with E-state index in [1.807, 2.05) is 0 Å². The van der Waals surface area contributed by atoms with Crippen molar-refractivity contribution < 1.29 is 4.18 Å². The van der Waals surface area contributed by atoms with Crippen molar-refractivity contribution in [1.82, 2.24) is 0 Å². The minimum Gasteiger partial charge on any atom is -0.312 e. The van der Waals surface area contributed by atoms with Crippen molar-refractivity contribution >= 4 is 12.0 Å². The Morgan fingerprint density at radius 1 is 1.14 bits per heavy atom. The lowest BCUT2D eigenvalue weighted by atomic mass is 10.0. The third kappa shape index (κ3) is 5.92. The molecule has 1 rings (SSSR count). The Labute approximate surface area is 93.2 Å². The molecule has 0 saturated carbocycles. The van der Waals surface area contributed by atoms with Gasteiger partial charge in [0.25, 0.3) is 0 Å². The summed E-state index contributed by atoms with van der Waals surface area (Å²) in [5.41, 5.74) is 0. The summed E-state index contributed by atoms with van der Waals surface area (Å²) >= 11 is 1.67. The fourth-order valence-electron chi connectivity index (χ4n) is 1.91. The molecule has 0 bridgehead atoms. The summed E-state index contributed by atoms with van der Waals surface area (Å²) in [6.45, 7) is 2.27. The third-order valence-electron chi connectivity index (χ3n) is 2.84. The molecule has 0 amide bonds. The summed E-state index contributed by atoms with van der Waals surface area (Å²) in [5, 5.41) is 0. The predicted molar refractivity (Wildman–Crippen MR) is 64.6 cm³/mol. The van der Waals surface area contributed by atoms with Crippen molar-refractivity contribution in [1.29, 1.82) is 0 Å². The van der Waals surface area contributed by atoms with Gasteiger partial charge in [-0.25, -0.2) is 0 Å². The highest BCUT2D eigenvalue weighted by Gasteiger charge is 2.13. The Balaban J connectivity index is 1.82. The topological polar surface area (TPSA) is 9.23 Å². The minimum absolute atomic E-state index is 0.569. The molecule has 0 aliphatic carbocycles. The van der Waals surface area contributed by atoms with Crippen LogP contribution in [-0.4, -0.2) is 11.9 Å². The zero-order chi connectivity index (χ0) is 10.1. The first kappa shape index (κ1) is 12.4. The summed E-state index contributed by atoms with van der Waals surface area (Å²) in [7, 11) is 0. The SMILES string of the molecule is CCCCCCCCC1CCCSO1. The molecule has 1 unspecified atom stereocenters. The van der Waals surface area contributed by atoms with Crippen molar-refractivity contribution in [2.75, 3.05) is 5.75 Å². The lowest BCUT2D eigenvalue weighted by Crippen LogP contribution is -2.14.